The molecule has 0 fully saturated rings. The van der Waals surface area contributed by atoms with E-state index in [1.165, 1.54) is 0 Å². The van der Waals surface area contributed by atoms with Crippen LogP contribution in [0.3, 0.4) is 0 Å². The maximum atomic E-state index is 12.7. The van der Waals surface area contributed by atoms with Crippen molar-refractivity contribution < 1.29 is 19.1 Å². The fourth-order valence-corrected chi connectivity index (χ4v) is 2.87. The first-order valence-corrected chi connectivity index (χ1v) is 7.61. The summed E-state index contributed by atoms with van der Waals surface area (Å²) in [5, 5.41) is 11.1. The molecule has 0 radical (unpaired) electrons. The largest absolute Gasteiger partial charge is 0.480 e. The van der Waals surface area contributed by atoms with Crippen LogP contribution in [-0.4, -0.2) is 34.3 Å². The monoisotopic (exact) mass is 332 g/mol. The van der Waals surface area contributed by atoms with E-state index in [1.54, 1.807) is 13.0 Å². The standard InChI is InChI=1S/C18H21FN2O3/c1-10-5-11(2)7-14(6-10)21-12(3)8-15(13(21)4)17(22)20-16(9-19)18(23)24/h5-8,16H,9H2,1-4H3,(H,20,22)(H,23,24). The summed E-state index contributed by atoms with van der Waals surface area (Å²) < 4.78 is 14.7. The predicted molar refractivity (Wildman–Crippen MR) is 89.6 cm³/mol. The smallest absolute Gasteiger partial charge is 0.328 e. The Hall–Kier alpha value is -2.63. The van der Waals surface area contributed by atoms with Crippen LogP contribution in [0, 0.1) is 27.7 Å². The number of carbonyl (C=O) groups excluding carboxylic acids is 1. The Bertz CT molecular complexity index is 776. The van der Waals surface area contributed by atoms with Crippen LogP contribution in [0.5, 0.6) is 0 Å². The van der Waals surface area contributed by atoms with Gasteiger partial charge in [0.05, 0.1) is 5.56 Å². The molecule has 1 unspecified atom stereocenters. The fraction of sp³-hybridized carbons (Fsp3) is 0.333. The van der Waals surface area contributed by atoms with Crippen LogP contribution in [0.1, 0.15) is 32.9 Å². The van der Waals surface area contributed by atoms with E-state index in [9.17, 15) is 14.0 Å². The van der Waals surface area contributed by atoms with Gasteiger partial charge in [0, 0.05) is 17.1 Å². The molecule has 0 bridgehead atoms. The molecule has 0 saturated carbocycles. The maximum absolute atomic E-state index is 12.7. The Balaban J connectivity index is 2.42. The van der Waals surface area contributed by atoms with Crippen molar-refractivity contribution in [3.05, 3.63) is 52.3 Å². The molecule has 1 amide bonds. The van der Waals surface area contributed by atoms with E-state index in [2.05, 4.69) is 11.4 Å². The van der Waals surface area contributed by atoms with Crippen molar-refractivity contribution in [3.63, 3.8) is 0 Å². The van der Waals surface area contributed by atoms with Gasteiger partial charge in [0.2, 0.25) is 0 Å². The van der Waals surface area contributed by atoms with Crippen LogP contribution in [0.15, 0.2) is 24.3 Å². The molecule has 128 valence electrons. The van der Waals surface area contributed by atoms with Gasteiger partial charge in [-0.15, -0.1) is 0 Å². The highest BCUT2D eigenvalue weighted by Gasteiger charge is 2.23. The van der Waals surface area contributed by atoms with Crippen molar-refractivity contribution in [2.45, 2.75) is 33.7 Å². The molecule has 0 saturated heterocycles. The highest BCUT2D eigenvalue weighted by atomic mass is 19.1. The molecule has 2 rings (SSSR count). The zero-order valence-corrected chi connectivity index (χ0v) is 14.2. The second kappa shape index (κ2) is 6.86. The minimum Gasteiger partial charge on any atom is -0.480 e. The lowest BCUT2D eigenvalue weighted by Crippen LogP contribution is -2.42. The average molecular weight is 332 g/mol. The molecule has 0 aliphatic carbocycles. The second-order valence-electron chi connectivity index (χ2n) is 5.98. The molecule has 2 aromatic rings. The number of halogens is 1. The lowest BCUT2D eigenvalue weighted by Gasteiger charge is -2.13. The number of hydrogen-bond acceptors (Lipinski definition) is 2. The maximum Gasteiger partial charge on any atom is 0.328 e. The topological polar surface area (TPSA) is 71.3 Å². The van der Waals surface area contributed by atoms with Gasteiger partial charge < -0.3 is 15.0 Å². The average Bonchev–Trinajstić information content (AvgIpc) is 2.78. The third kappa shape index (κ3) is 3.48. The number of benzene rings is 1. The Morgan fingerprint density at radius 3 is 2.21 bits per heavy atom. The van der Waals surface area contributed by atoms with E-state index in [-0.39, 0.29) is 0 Å². The van der Waals surface area contributed by atoms with Crippen LogP contribution < -0.4 is 5.32 Å². The minimum absolute atomic E-state index is 0.339. The third-order valence-electron chi connectivity index (χ3n) is 3.90. The van der Waals surface area contributed by atoms with Crippen LogP contribution >= 0.6 is 0 Å². The summed E-state index contributed by atoms with van der Waals surface area (Å²) in [5.74, 6) is -1.99. The van der Waals surface area contributed by atoms with E-state index in [4.69, 9.17) is 5.11 Å². The van der Waals surface area contributed by atoms with Crippen LogP contribution in [0.25, 0.3) is 5.69 Å². The first-order valence-electron chi connectivity index (χ1n) is 7.61. The molecule has 24 heavy (non-hydrogen) atoms. The summed E-state index contributed by atoms with van der Waals surface area (Å²) >= 11 is 0. The Labute approximate surface area is 140 Å². The Morgan fingerprint density at radius 1 is 1.12 bits per heavy atom. The Kier molecular flexibility index (Phi) is 5.07. The van der Waals surface area contributed by atoms with Crippen molar-refractivity contribution in [1.82, 2.24) is 9.88 Å². The number of aryl methyl sites for hydroxylation is 3. The number of amides is 1. The molecule has 1 aromatic heterocycles. The van der Waals surface area contributed by atoms with Gasteiger partial charge in [-0.05, 0) is 57.0 Å². The first kappa shape index (κ1) is 17.7. The Morgan fingerprint density at radius 2 is 1.71 bits per heavy atom. The summed E-state index contributed by atoms with van der Waals surface area (Å²) in [5.41, 5.74) is 5.00. The molecule has 1 heterocycles. The summed E-state index contributed by atoms with van der Waals surface area (Å²) in [6.07, 6.45) is 0. The molecule has 0 aliphatic rings. The summed E-state index contributed by atoms with van der Waals surface area (Å²) in [6.45, 7) is 6.49. The highest BCUT2D eigenvalue weighted by molar-refractivity contribution is 5.98. The number of rotatable bonds is 5. The van der Waals surface area contributed by atoms with Gasteiger partial charge in [-0.1, -0.05) is 6.07 Å². The number of carboxylic acid groups (broad SMARTS) is 1. The van der Waals surface area contributed by atoms with Crippen LogP contribution in [0.2, 0.25) is 0 Å². The van der Waals surface area contributed by atoms with Gasteiger partial charge in [0.15, 0.2) is 6.04 Å². The minimum atomic E-state index is -1.54. The lowest BCUT2D eigenvalue weighted by molar-refractivity contribution is -0.139. The van der Waals surface area contributed by atoms with Crippen molar-refractivity contribution in [3.8, 4) is 5.69 Å². The van der Waals surface area contributed by atoms with Gasteiger partial charge in [0.25, 0.3) is 5.91 Å². The molecule has 5 nitrogen and oxygen atoms in total. The number of nitrogens with one attached hydrogen (secondary N) is 1. The molecule has 0 aliphatic heterocycles. The SMILES string of the molecule is Cc1cc(C)cc(-n2c(C)cc(C(=O)NC(CF)C(=O)O)c2C)c1. The number of carboxylic acids is 1. The van der Waals surface area contributed by atoms with Crippen LogP contribution in [-0.2, 0) is 4.79 Å². The lowest BCUT2D eigenvalue weighted by atomic mass is 10.1. The zero-order valence-electron chi connectivity index (χ0n) is 14.2. The normalized spacial score (nSPS) is 12.0. The van der Waals surface area contributed by atoms with Crippen molar-refractivity contribution >= 4 is 11.9 Å². The zero-order chi connectivity index (χ0) is 18.0. The number of hydrogen-bond donors (Lipinski definition) is 2. The van der Waals surface area contributed by atoms with Crippen LogP contribution in [0.4, 0.5) is 4.39 Å². The van der Waals surface area contributed by atoms with Gasteiger partial charge >= 0.3 is 5.97 Å². The van der Waals surface area contributed by atoms with Crippen molar-refractivity contribution in [2.75, 3.05) is 6.67 Å². The number of nitrogens with zero attached hydrogens (tertiary/aromatic N) is 1. The van der Waals surface area contributed by atoms with Gasteiger partial charge in [-0.3, -0.25) is 4.79 Å². The van der Waals surface area contributed by atoms with Gasteiger partial charge in [-0.25, -0.2) is 9.18 Å². The van der Waals surface area contributed by atoms with Crippen molar-refractivity contribution in [2.24, 2.45) is 0 Å². The summed E-state index contributed by atoms with van der Waals surface area (Å²) in [7, 11) is 0. The van der Waals surface area contributed by atoms with E-state index < -0.39 is 24.6 Å². The van der Waals surface area contributed by atoms with E-state index in [0.717, 1.165) is 22.5 Å². The van der Waals surface area contributed by atoms with E-state index in [1.807, 2.05) is 37.5 Å². The van der Waals surface area contributed by atoms with Gasteiger partial charge in [-0.2, -0.15) is 0 Å². The van der Waals surface area contributed by atoms with E-state index in [0.29, 0.717) is 11.3 Å². The molecule has 1 aromatic carbocycles. The predicted octanol–water partition coefficient (Wildman–Crippen LogP) is 2.86. The summed E-state index contributed by atoms with van der Waals surface area (Å²) in [6, 6.07) is 6.22. The first-order chi connectivity index (χ1) is 11.2. The number of aromatic nitrogens is 1. The van der Waals surface area contributed by atoms with E-state index >= 15 is 0 Å². The molecular formula is C18H21FN2O3. The van der Waals surface area contributed by atoms with Gasteiger partial charge in [0.1, 0.15) is 6.67 Å². The number of carbonyl (C=O) groups is 2. The number of aliphatic carboxylic acids is 1. The molecule has 6 heteroatoms. The quantitative estimate of drug-likeness (QED) is 0.884. The molecule has 0 spiro atoms. The van der Waals surface area contributed by atoms with Crippen molar-refractivity contribution in [1.29, 1.82) is 0 Å². The number of alkyl halides is 1. The summed E-state index contributed by atoms with van der Waals surface area (Å²) in [4.78, 5) is 23.2. The fourth-order valence-electron chi connectivity index (χ4n) is 2.87. The molecule has 1 atom stereocenters. The third-order valence-corrected chi connectivity index (χ3v) is 3.90. The molecule has 2 N–H and O–H groups in total. The second-order valence-corrected chi connectivity index (χ2v) is 5.98. The highest BCUT2D eigenvalue weighted by Crippen LogP contribution is 2.22. The molecular weight excluding hydrogens is 311 g/mol.